The van der Waals surface area contributed by atoms with E-state index < -0.39 is 21.3 Å². The molecule has 0 amide bonds. The van der Waals surface area contributed by atoms with Crippen LogP contribution in [0.1, 0.15) is 114 Å². The fourth-order valence-corrected chi connectivity index (χ4v) is 16.0. The van der Waals surface area contributed by atoms with E-state index in [0.717, 1.165) is 0 Å². The molecule has 2 aliphatic rings. The van der Waals surface area contributed by atoms with Crippen LogP contribution in [-0.4, -0.2) is 3.21 Å². The minimum absolute atomic E-state index is 0. The van der Waals surface area contributed by atoms with Gasteiger partial charge in [0.1, 0.15) is 0 Å². The average molecular weight is 693 g/mol. The molecule has 5 rings (SSSR count). The second-order valence-electron chi connectivity index (χ2n) is 15.4. The summed E-state index contributed by atoms with van der Waals surface area (Å²) in [4.78, 5) is 0. The molecule has 2 aliphatic carbocycles. The Kier molecular flexibility index (Phi) is 10.9. The zero-order chi connectivity index (χ0) is 29.9. The third-order valence-electron chi connectivity index (χ3n) is 9.36. The Morgan fingerprint density at radius 1 is 0.674 bits per heavy atom. The molecule has 3 heteroatoms. The van der Waals surface area contributed by atoms with Crippen molar-refractivity contribution in [1.82, 2.24) is 0 Å². The first-order chi connectivity index (χ1) is 19.1. The van der Waals surface area contributed by atoms with Gasteiger partial charge in [-0.2, -0.15) is 0 Å². The molecule has 3 aromatic rings. The summed E-state index contributed by atoms with van der Waals surface area (Å²) in [5.74, 6) is 0.549. The van der Waals surface area contributed by atoms with Gasteiger partial charge in [0.15, 0.2) is 0 Å². The molecule has 0 saturated heterocycles. The number of rotatable bonds is 4. The summed E-state index contributed by atoms with van der Waals surface area (Å²) in [7, 11) is 0. The molecule has 0 aromatic heterocycles. The van der Waals surface area contributed by atoms with Crippen LogP contribution in [0.5, 0.6) is 0 Å². The van der Waals surface area contributed by atoms with Crippen LogP contribution in [0.25, 0.3) is 11.1 Å². The molecule has 43 heavy (non-hydrogen) atoms. The number of hydrogen-bond donors (Lipinski definition) is 0. The molecule has 0 radical (unpaired) electrons. The Hall–Kier alpha value is -1.53. The quantitative estimate of drug-likeness (QED) is 0.357. The number of benzene rings is 3. The van der Waals surface area contributed by atoms with Crippen molar-refractivity contribution in [1.29, 1.82) is 0 Å². The molecular weight excluding hydrogens is 643 g/mol. The fraction of sp³-hybridized carbons (Fsp3) is 0.425. The van der Waals surface area contributed by atoms with Gasteiger partial charge in [0.2, 0.25) is 0 Å². The molecule has 1 atom stereocenters. The van der Waals surface area contributed by atoms with Crippen LogP contribution in [0, 0.1) is 11.3 Å². The van der Waals surface area contributed by atoms with Crippen molar-refractivity contribution in [3.8, 4) is 11.1 Å². The van der Waals surface area contributed by atoms with E-state index in [-0.39, 0.29) is 41.1 Å². The minimum atomic E-state index is -2.54. The molecule has 0 aliphatic heterocycles. The molecule has 0 N–H and O–H groups in total. The Balaban J connectivity index is 0.00000253. The first-order valence-electron chi connectivity index (χ1n) is 15.6. The average Bonchev–Trinajstić information content (AvgIpc) is 3.48. The van der Waals surface area contributed by atoms with Gasteiger partial charge in [0.05, 0.1) is 0 Å². The van der Waals surface area contributed by atoms with E-state index in [1.807, 2.05) is 0 Å². The predicted molar refractivity (Wildman–Crippen MR) is 177 cm³/mol. The monoisotopic (exact) mass is 690 g/mol. The van der Waals surface area contributed by atoms with E-state index in [2.05, 4.69) is 155 Å². The molecule has 0 bridgehead atoms. The van der Waals surface area contributed by atoms with Crippen LogP contribution in [0.4, 0.5) is 0 Å². The predicted octanol–water partition coefficient (Wildman–Crippen LogP) is 5.11. The van der Waals surface area contributed by atoms with Crippen molar-refractivity contribution in [3.05, 3.63) is 116 Å². The zero-order valence-corrected chi connectivity index (χ0v) is 32.1. The van der Waals surface area contributed by atoms with Gasteiger partial charge in [-0.05, 0) is 0 Å². The Bertz CT molecular complexity index is 1500. The zero-order valence-electron chi connectivity index (χ0n) is 28.1. The molecule has 1 unspecified atom stereocenters. The van der Waals surface area contributed by atoms with Gasteiger partial charge in [0.25, 0.3) is 0 Å². The first-order valence-corrected chi connectivity index (χ1v) is 19.5. The van der Waals surface area contributed by atoms with Crippen molar-refractivity contribution in [2.24, 2.45) is 11.3 Å². The maximum Gasteiger partial charge on any atom is -1.00 e. The molecule has 0 saturated carbocycles. The van der Waals surface area contributed by atoms with Gasteiger partial charge in [-0.3, -0.25) is 0 Å². The summed E-state index contributed by atoms with van der Waals surface area (Å²) in [6, 6.07) is 26.3. The van der Waals surface area contributed by atoms with Gasteiger partial charge < -0.3 is 24.8 Å². The first kappa shape index (κ1) is 35.9. The normalized spacial score (nSPS) is 16.8. The molecule has 3 aromatic carbocycles. The van der Waals surface area contributed by atoms with Crippen LogP contribution in [0.3, 0.4) is 0 Å². The van der Waals surface area contributed by atoms with E-state index >= 15 is 0 Å². The molecule has 228 valence electrons. The number of fused-ring (bicyclic) bond motifs is 3. The van der Waals surface area contributed by atoms with E-state index in [0.29, 0.717) is 9.54 Å². The van der Waals surface area contributed by atoms with E-state index in [1.54, 1.807) is 17.6 Å². The fourth-order valence-electron chi connectivity index (χ4n) is 6.65. The maximum atomic E-state index is 2.67. The van der Waals surface area contributed by atoms with Crippen molar-refractivity contribution in [3.63, 3.8) is 0 Å². The summed E-state index contributed by atoms with van der Waals surface area (Å²) >= 11 is -2.54. The second kappa shape index (κ2) is 13.1. The topological polar surface area (TPSA) is 0 Å². The Morgan fingerprint density at radius 2 is 1.16 bits per heavy atom. The standard InChI is InChI=1S/C21H25.C11H17.C8H8.2ClH.Zr/c1-20(2,3)16-9-7-14-11-15-8-10-17(21(4,5)6)13-19(15)18(14)12-16;1-5-9-6-7-10(8-9)11(2,3)4;1-2-8-6-4-3-5-7-8;;;/h7-13H,1-6H3;7-9H,5H2,1-4H3;3-7H,1H3;2*1H;/q;;;;;+2/p-2. The van der Waals surface area contributed by atoms with Crippen LogP contribution in [-0.2, 0) is 32.1 Å². The summed E-state index contributed by atoms with van der Waals surface area (Å²) < 4.78 is 3.94. The van der Waals surface area contributed by atoms with Crippen molar-refractivity contribution < 1.29 is 46.1 Å². The second-order valence-corrected chi connectivity index (χ2v) is 22.1. The van der Waals surface area contributed by atoms with E-state index in [4.69, 9.17) is 0 Å². The number of allylic oxidation sites excluding steroid dienone is 4. The van der Waals surface area contributed by atoms with Gasteiger partial charge in [-0.25, -0.2) is 0 Å². The van der Waals surface area contributed by atoms with Crippen molar-refractivity contribution >= 4 is 3.21 Å². The Morgan fingerprint density at radius 3 is 1.58 bits per heavy atom. The Labute approximate surface area is 282 Å². The smallest absolute Gasteiger partial charge is 1.00 e. The van der Waals surface area contributed by atoms with E-state index in [9.17, 15) is 0 Å². The maximum absolute atomic E-state index is 2.67. The van der Waals surface area contributed by atoms with Crippen molar-refractivity contribution in [2.75, 3.05) is 0 Å². The van der Waals surface area contributed by atoms with Crippen LogP contribution >= 0.6 is 0 Å². The van der Waals surface area contributed by atoms with Crippen LogP contribution in [0.15, 0.2) is 87.7 Å². The van der Waals surface area contributed by atoms with Gasteiger partial charge in [-0.1, -0.05) is 0 Å². The summed E-state index contributed by atoms with van der Waals surface area (Å²) in [5, 5.41) is 0. The SMILES string of the molecule is CCC1C=C(C(C)(C)C)C=[C]1/[Zr+2](=[C](/C)c1ccccc1)[CH]1c2ccc(C(C)(C)C)cc2-c2cc(C(C)(C)C)ccc21.[Cl-].[Cl-]. The van der Waals surface area contributed by atoms with Crippen LogP contribution < -0.4 is 24.8 Å². The minimum Gasteiger partial charge on any atom is -1.00 e. The largest absolute Gasteiger partial charge is 1.00 e. The summed E-state index contributed by atoms with van der Waals surface area (Å²) in [5.41, 5.74) is 12.4. The number of hydrogen-bond acceptors (Lipinski definition) is 0. The number of halogens is 2. The van der Waals surface area contributed by atoms with Gasteiger partial charge in [0, 0.05) is 0 Å². The third kappa shape index (κ3) is 7.01. The van der Waals surface area contributed by atoms with Crippen molar-refractivity contribution in [2.45, 2.75) is 97.0 Å². The molecule has 0 fully saturated rings. The van der Waals surface area contributed by atoms with E-state index in [1.165, 1.54) is 39.8 Å². The van der Waals surface area contributed by atoms with Crippen LogP contribution in [0.2, 0.25) is 0 Å². The third-order valence-corrected chi connectivity index (χ3v) is 17.8. The molecule has 0 spiro atoms. The molecule has 0 heterocycles. The molecule has 0 nitrogen and oxygen atoms in total. The summed E-state index contributed by atoms with van der Waals surface area (Å²) in [6.45, 7) is 26.1. The van der Waals surface area contributed by atoms with Gasteiger partial charge in [-0.15, -0.1) is 0 Å². The van der Waals surface area contributed by atoms with Gasteiger partial charge >= 0.3 is 260 Å². The molecular formula is C40H50Cl2Zr. The summed E-state index contributed by atoms with van der Waals surface area (Å²) in [6.07, 6.45) is 6.46.